The highest BCUT2D eigenvalue weighted by molar-refractivity contribution is 6.30. The molecule has 11 heteroatoms. The number of ether oxygens (including phenoxy) is 1. The molecule has 30 heavy (non-hydrogen) atoms. The van der Waals surface area contributed by atoms with Crippen molar-refractivity contribution in [2.45, 2.75) is 26.9 Å². The van der Waals surface area contributed by atoms with E-state index in [1.165, 1.54) is 10.9 Å². The van der Waals surface area contributed by atoms with Crippen LogP contribution >= 0.6 is 11.6 Å². The second kappa shape index (κ2) is 9.31. The number of hydrogen-bond acceptors (Lipinski definition) is 7. The molecule has 0 bridgehead atoms. The van der Waals surface area contributed by atoms with Gasteiger partial charge in [0.25, 0.3) is 0 Å². The molecule has 0 amide bonds. The van der Waals surface area contributed by atoms with Gasteiger partial charge in [0.2, 0.25) is 11.4 Å². The van der Waals surface area contributed by atoms with E-state index in [-0.39, 0.29) is 11.6 Å². The van der Waals surface area contributed by atoms with Crippen LogP contribution in [-0.4, -0.2) is 40.0 Å². The topological polar surface area (TPSA) is 116 Å². The molecule has 0 saturated carbocycles. The Bertz CT molecular complexity index is 1180. The Hall–Kier alpha value is -3.53. The number of nitrogens with one attached hydrogen (secondary N) is 1. The summed E-state index contributed by atoms with van der Waals surface area (Å²) >= 11 is 6.00. The molecule has 3 heterocycles. The number of rotatable bonds is 5. The third-order valence-corrected chi connectivity index (χ3v) is 4.22. The lowest BCUT2D eigenvalue weighted by molar-refractivity contribution is 0.190. The molecular formula is C19H21ClN8O2. The fourth-order valence-corrected chi connectivity index (χ4v) is 2.75. The maximum atomic E-state index is 11.5. The first kappa shape index (κ1) is 21.2. The minimum Gasteiger partial charge on any atom is -0.452 e. The number of tetrazole rings is 1. The van der Waals surface area contributed by atoms with Crippen LogP contribution in [0, 0.1) is 0 Å². The van der Waals surface area contributed by atoms with Crippen molar-refractivity contribution in [2.75, 3.05) is 0 Å². The Morgan fingerprint density at radius 1 is 1.13 bits per heavy atom. The van der Waals surface area contributed by atoms with Crippen molar-refractivity contribution >= 4 is 11.6 Å². The first-order chi connectivity index (χ1) is 14.5. The molecule has 10 nitrogen and oxygen atoms in total. The molecule has 3 aromatic heterocycles. The predicted molar refractivity (Wildman–Crippen MR) is 112 cm³/mol. The summed E-state index contributed by atoms with van der Waals surface area (Å²) in [6, 6.07) is 10.6. The summed E-state index contributed by atoms with van der Waals surface area (Å²) in [5.41, 5.74) is 1.10. The standard InChI is InChI=1S/C17H15ClN8O2.C2H6/c1-10(15-20-24-26(23-15)13-5-3-4-12(18)9-13)28-17-22-21-16(25(17)2)11-6-7-19-14(27)8-11;1-2/h3-10H,1-2H3,(H,19,27);1-2H3. The van der Waals surface area contributed by atoms with Crippen LogP contribution in [0.5, 0.6) is 6.01 Å². The van der Waals surface area contributed by atoms with Crippen LogP contribution in [-0.2, 0) is 7.05 Å². The van der Waals surface area contributed by atoms with Crippen molar-refractivity contribution < 1.29 is 4.74 Å². The molecule has 1 unspecified atom stereocenters. The monoisotopic (exact) mass is 428 g/mol. The zero-order valence-electron chi connectivity index (χ0n) is 16.9. The summed E-state index contributed by atoms with van der Waals surface area (Å²) in [6.07, 6.45) is 1.02. The number of halogens is 1. The number of aromatic amines is 1. The Kier molecular flexibility index (Phi) is 6.58. The number of benzene rings is 1. The first-order valence-corrected chi connectivity index (χ1v) is 9.70. The van der Waals surface area contributed by atoms with Crippen LogP contribution in [0.15, 0.2) is 47.4 Å². The summed E-state index contributed by atoms with van der Waals surface area (Å²) in [7, 11) is 1.74. The largest absolute Gasteiger partial charge is 0.452 e. The average Bonchev–Trinajstić information content (AvgIpc) is 3.37. The fraction of sp³-hybridized carbons (Fsp3) is 0.263. The van der Waals surface area contributed by atoms with Gasteiger partial charge in [-0.2, -0.15) is 0 Å². The van der Waals surface area contributed by atoms with E-state index in [1.54, 1.807) is 49.0 Å². The highest BCUT2D eigenvalue weighted by Gasteiger charge is 2.19. The van der Waals surface area contributed by atoms with Gasteiger partial charge in [0.05, 0.1) is 5.69 Å². The Morgan fingerprint density at radius 3 is 2.67 bits per heavy atom. The van der Waals surface area contributed by atoms with E-state index in [0.717, 1.165) is 0 Å². The normalized spacial score (nSPS) is 11.5. The smallest absolute Gasteiger partial charge is 0.317 e. The van der Waals surface area contributed by atoms with E-state index in [2.05, 4.69) is 30.6 Å². The quantitative estimate of drug-likeness (QED) is 0.519. The molecule has 0 radical (unpaired) electrons. The van der Waals surface area contributed by atoms with Crippen LogP contribution in [0.1, 0.15) is 32.7 Å². The van der Waals surface area contributed by atoms with Gasteiger partial charge in [-0.3, -0.25) is 9.36 Å². The van der Waals surface area contributed by atoms with E-state index < -0.39 is 6.10 Å². The number of nitrogens with zero attached hydrogens (tertiary/aromatic N) is 7. The van der Waals surface area contributed by atoms with E-state index in [1.807, 2.05) is 19.9 Å². The SMILES string of the molecule is CC.CC(Oc1nnc(-c2cc[nH]c(=O)c2)n1C)c1nnn(-c2cccc(Cl)c2)n1. The minimum atomic E-state index is -0.525. The van der Waals surface area contributed by atoms with E-state index >= 15 is 0 Å². The number of H-pyrrole nitrogens is 1. The van der Waals surface area contributed by atoms with Gasteiger partial charge in [-0.1, -0.05) is 36.6 Å². The average molecular weight is 429 g/mol. The van der Waals surface area contributed by atoms with Crippen molar-refractivity contribution in [1.82, 2.24) is 40.0 Å². The third kappa shape index (κ3) is 4.54. The minimum absolute atomic E-state index is 0.224. The third-order valence-electron chi connectivity index (χ3n) is 3.98. The van der Waals surface area contributed by atoms with Crippen LogP contribution in [0.4, 0.5) is 0 Å². The molecule has 0 spiro atoms. The molecule has 4 rings (SSSR count). The molecule has 0 fully saturated rings. The maximum Gasteiger partial charge on any atom is 0.317 e. The van der Waals surface area contributed by atoms with E-state index in [4.69, 9.17) is 16.3 Å². The van der Waals surface area contributed by atoms with Gasteiger partial charge in [0, 0.05) is 29.9 Å². The second-order valence-electron chi connectivity index (χ2n) is 5.98. The van der Waals surface area contributed by atoms with Gasteiger partial charge < -0.3 is 9.72 Å². The van der Waals surface area contributed by atoms with Crippen molar-refractivity contribution in [1.29, 1.82) is 0 Å². The second-order valence-corrected chi connectivity index (χ2v) is 6.42. The van der Waals surface area contributed by atoms with Crippen molar-refractivity contribution in [3.8, 4) is 23.1 Å². The van der Waals surface area contributed by atoms with Crippen LogP contribution < -0.4 is 10.3 Å². The highest BCUT2D eigenvalue weighted by atomic mass is 35.5. The summed E-state index contributed by atoms with van der Waals surface area (Å²) < 4.78 is 7.48. The lowest BCUT2D eigenvalue weighted by Gasteiger charge is -2.10. The Labute approximate surface area is 177 Å². The molecular weight excluding hydrogens is 408 g/mol. The lowest BCUT2D eigenvalue weighted by Crippen LogP contribution is -2.10. The van der Waals surface area contributed by atoms with E-state index in [9.17, 15) is 4.79 Å². The van der Waals surface area contributed by atoms with Crippen molar-refractivity contribution in [3.63, 3.8) is 0 Å². The zero-order chi connectivity index (χ0) is 21.7. The zero-order valence-corrected chi connectivity index (χ0v) is 17.7. The molecule has 0 aliphatic carbocycles. The predicted octanol–water partition coefficient (Wildman–Crippen LogP) is 2.97. The summed E-state index contributed by atoms with van der Waals surface area (Å²) in [5.74, 6) is 0.879. The van der Waals surface area contributed by atoms with Crippen LogP contribution in [0.25, 0.3) is 17.1 Å². The van der Waals surface area contributed by atoms with Gasteiger partial charge in [-0.05, 0) is 36.4 Å². The molecule has 4 aromatic rings. The van der Waals surface area contributed by atoms with Gasteiger partial charge in [0.15, 0.2) is 11.9 Å². The molecule has 1 atom stereocenters. The number of pyridine rings is 1. The van der Waals surface area contributed by atoms with E-state index in [0.29, 0.717) is 27.9 Å². The van der Waals surface area contributed by atoms with Gasteiger partial charge in [-0.15, -0.1) is 20.1 Å². The Morgan fingerprint density at radius 2 is 1.93 bits per heavy atom. The summed E-state index contributed by atoms with van der Waals surface area (Å²) in [4.78, 5) is 15.4. The number of hydrogen-bond donors (Lipinski definition) is 1. The van der Waals surface area contributed by atoms with Crippen LogP contribution in [0.3, 0.4) is 0 Å². The Balaban J connectivity index is 0.00000124. The highest BCUT2D eigenvalue weighted by Crippen LogP contribution is 2.22. The molecule has 1 N–H and O–H groups in total. The first-order valence-electron chi connectivity index (χ1n) is 9.32. The maximum absolute atomic E-state index is 11.5. The molecule has 1 aromatic carbocycles. The number of aromatic nitrogens is 8. The van der Waals surface area contributed by atoms with Crippen molar-refractivity contribution in [3.05, 3.63) is 63.8 Å². The van der Waals surface area contributed by atoms with Gasteiger partial charge >= 0.3 is 6.01 Å². The molecule has 0 aliphatic rings. The molecule has 156 valence electrons. The molecule has 0 saturated heterocycles. The van der Waals surface area contributed by atoms with Crippen molar-refractivity contribution in [2.24, 2.45) is 7.05 Å². The summed E-state index contributed by atoms with van der Waals surface area (Å²) in [6.45, 7) is 5.78. The van der Waals surface area contributed by atoms with Gasteiger partial charge in [0.1, 0.15) is 0 Å². The summed E-state index contributed by atoms with van der Waals surface area (Å²) in [5, 5.41) is 21.1. The fourth-order valence-electron chi connectivity index (χ4n) is 2.56. The lowest BCUT2D eigenvalue weighted by atomic mass is 10.2. The molecule has 0 aliphatic heterocycles. The van der Waals surface area contributed by atoms with Gasteiger partial charge in [-0.25, -0.2) is 0 Å². The van der Waals surface area contributed by atoms with Crippen LogP contribution in [0.2, 0.25) is 5.02 Å².